The third-order valence-corrected chi connectivity index (χ3v) is 4.42. The van der Waals surface area contributed by atoms with Gasteiger partial charge in [0.2, 0.25) is 5.91 Å². The van der Waals surface area contributed by atoms with Crippen LogP contribution in [-0.2, 0) is 11.3 Å². The number of rotatable bonds is 5. The van der Waals surface area contributed by atoms with Crippen molar-refractivity contribution in [2.75, 3.05) is 6.54 Å². The van der Waals surface area contributed by atoms with E-state index in [9.17, 15) is 19.2 Å². The molecule has 0 saturated carbocycles. The Morgan fingerprint density at radius 3 is 2.31 bits per heavy atom. The van der Waals surface area contributed by atoms with E-state index in [1.807, 2.05) is 0 Å². The molecule has 0 atom stereocenters. The SMILES string of the molecule is O=C(CN1C(=O)c2ccc(Br)cc2C1=O)NCc1ccc(C(=O)O)cc1. The van der Waals surface area contributed by atoms with Crippen LogP contribution >= 0.6 is 15.9 Å². The van der Waals surface area contributed by atoms with Crippen LogP contribution in [0.4, 0.5) is 0 Å². The van der Waals surface area contributed by atoms with Crippen LogP contribution in [-0.4, -0.2) is 40.2 Å². The molecule has 2 aromatic carbocycles. The van der Waals surface area contributed by atoms with Gasteiger partial charge in [-0.05, 0) is 35.9 Å². The first-order chi connectivity index (χ1) is 12.4. The third kappa shape index (κ3) is 3.50. The number of hydrogen-bond donors (Lipinski definition) is 2. The van der Waals surface area contributed by atoms with Crippen LogP contribution in [0.2, 0.25) is 0 Å². The molecule has 26 heavy (non-hydrogen) atoms. The summed E-state index contributed by atoms with van der Waals surface area (Å²) in [5.74, 6) is -2.52. The van der Waals surface area contributed by atoms with Gasteiger partial charge in [-0.25, -0.2) is 4.79 Å². The van der Waals surface area contributed by atoms with Crippen molar-refractivity contribution < 1.29 is 24.3 Å². The van der Waals surface area contributed by atoms with E-state index in [0.717, 1.165) is 4.90 Å². The molecule has 0 aromatic heterocycles. The Labute approximate surface area is 156 Å². The smallest absolute Gasteiger partial charge is 0.335 e. The number of nitrogens with one attached hydrogen (secondary N) is 1. The molecule has 0 aliphatic carbocycles. The zero-order chi connectivity index (χ0) is 18.8. The Balaban J connectivity index is 1.61. The van der Waals surface area contributed by atoms with E-state index in [1.165, 1.54) is 12.1 Å². The van der Waals surface area contributed by atoms with Gasteiger partial charge in [0.25, 0.3) is 11.8 Å². The molecule has 1 heterocycles. The summed E-state index contributed by atoms with van der Waals surface area (Å²) < 4.78 is 0.675. The average molecular weight is 417 g/mol. The monoisotopic (exact) mass is 416 g/mol. The van der Waals surface area contributed by atoms with Gasteiger partial charge in [0.1, 0.15) is 6.54 Å². The van der Waals surface area contributed by atoms with Gasteiger partial charge in [0.05, 0.1) is 16.7 Å². The molecule has 3 amide bonds. The van der Waals surface area contributed by atoms with Crippen LogP contribution in [0.15, 0.2) is 46.9 Å². The minimum atomic E-state index is -1.03. The Morgan fingerprint density at radius 1 is 1.00 bits per heavy atom. The third-order valence-electron chi connectivity index (χ3n) is 3.93. The molecular weight excluding hydrogens is 404 g/mol. The van der Waals surface area contributed by atoms with E-state index in [0.29, 0.717) is 10.0 Å². The van der Waals surface area contributed by atoms with E-state index >= 15 is 0 Å². The Bertz CT molecular complexity index is 924. The van der Waals surface area contributed by atoms with Crippen LogP contribution in [0.1, 0.15) is 36.6 Å². The zero-order valence-corrected chi connectivity index (χ0v) is 14.9. The van der Waals surface area contributed by atoms with Gasteiger partial charge in [-0.3, -0.25) is 19.3 Å². The van der Waals surface area contributed by atoms with E-state index in [2.05, 4.69) is 21.2 Å². The van der Waals surface area contributed by atoms with Crippen molar-refractivity contribution >= 4 is 39.6 Å². The molecule has 1 aliphatic rings. The lowest BCUT2D eigenvalue weighted by Crippen LogP contribution is -2.40. The van der Waals surface area contributed by atoms with Gasteiger partial charge >= 0.3 is 5.97 Å². The maximum atomic E-state index is 12.3. The topological polar surface area (TPSA) is 104 Å². The number of benzene rings is 2. The van der Waals surface area contributed by atoms with Gasteiger partial charge in [0, 0.05) is 11.0 Å². The Kier molecular flexibility index (Phi) is 4.85. The zero-order valence-electron chi connectivity index (χ0n) is 13.4. The molecule has 0 radical (unpaired) electrons. The van der Waals surface area contributed by atoms with Crippen molar-refractivity contribution in [3.63, 3.8) is 0 Å². The summed E-state index contributed by atoms with van der Waals surface area (Å²) in [5, 5.41) is 11.5. The van der Waals surface area contributed by atoms with Gasteiger partial charge in [-0.2, -0.15) is 0 Å². The summed E-state index contributed by atoms with van der Waals surface area (Å²) in [4.78, 5) is 48.4. The van der Waals surface area contributed by atoms with Crippen LogP contribution in [0.5, 0.6) is 0 Å². The molecule has 0 spiro atoms. The van der Waals surface area contributed by atoms with Crippen molar-refractivity contribution in [2.45, 2.75) is 6.54 Å². The van der Waals surface area contributed by atoms with Crippen molar-refractivity contribution in [1.82, 2.24) is 10.2 Å². The van der Waals surface area contributed by atoms with E-state index in [-0.39, 0.29) is 29.8 Å². The molecule has 132 valence electrons. The van der Waals surface area contributed by atoms with E-state index in [4.69, 9.17) is 5.11 Å². The molecule has 0 saturated heterocycles. The number of fused-ring (bicyclic) bond motifs is 1. The fourth-order valence-electron chi connectivity index (χ4n) is 2.57. The van der Waals surface area contributed by atoms with Crippen molar-refractivity contribution in [1.29, 1.82) is 0 Å². The molecule has 0 unspecified atom stereocenters. The highest BCUT2D eigenvalue weighted by molar-refractivity contribution is 9.10. The maximum Gasteiger partial charge on any atom is 0.335 e. The first-order valence-corrected chi connectivity index (χ1v) is 8.41. The molecule has 2 aromatic rings. The minimum Gasteiger partial charge on any atom is -0.478 e. The molecule has 7 nitrogen and oxygen atoms in total. The number of carboxylic acids is 1. The highest BCUT2D eigenvalue weighted by Crippen LogP contribution is 2.25. The normalized spacial score (nSPS) is 12.9. The number of carboxylic acid groups (broad SMARTS) is 1. The van der Waals surface area contributed by atoms with Crippen molar-refractivity contribution in [3.05, 3.63) is 69.2 Å². The van der Waals surface area contributed by atoms with Crippen LogP contribution in [0.25, 0.3) is 0 Å². The minimum absolute atomic E-state index is 0.150. The molecular formula is C18H13BrN2O5. The molecule has 0 fully saturated rings. The second kappa shape index (κ2) is 7.09. The summed E-state index contributed by atoms with van der Waals surface area (Å²) in [7, 11) is 0. The quantitative estimate of drug-likeness (QED) is 0.725. The second-order valence-electron chi connectivity index (χ2n) is 5.67. The Hall–Kier alpha value is -3.00. The predicted molar refractivity (Wildman–Crippen MR) is 94.8 cm³/mol. The second-order valence-corrected chi connectivity index (χ2v) is 6.58. The number of imide groups is 1. The van der Waals surface area contributed by atoms with Crippen LogP contribution in [0.3, 0.4) is 0 Å². The van der Waals surface area contributed by atoms with Gasteiger partial charge in [0.15, 0.2) is 0 Å². The summed E-state index contributed by atoms with van der Waals surface area (Å²) >= 11 is 3.25. The molecule has 8 heteroatoms. The van der Waals surface area contributed by atoms with Crippen LogP contribution in [0, 0.1) is 0 Å². The van der Waals surface area contributed by atoms with Gasteiger partial charge < -0.3 is 10.4 Å². The lowest BCUT2D eigenvalue weighted by atomic mass is 10.1. The van der Waals surface area contributed by atoms with E-state index < -0.39 is 23.7 Å². The maximum absolute atomic E-state index is 12.3. The summed E-state index contributed by atoms with van der Waals surface area (Å²) in [6.45, 7) is -0.218. The van der Waals surface area contributed by atoms with Crippen molar-refractivity contribution in [3.8, 4) is 0 Å². The average Bonchev–Trinajstić information content (AvgIpc) is 2.84. The highest BCUT2D eigenvalue weighted by atomic mass is 79.9. The first kappa shape index (κ1) is 17.8. The van der Waals surface area contributed by atoms with Gasteiger partial charge in [-0.1, -0.05) is 28.1 Å². The summed E-state index contributed by atoms with van der Waals surface area (Å²) in [6, 6.07) is 10.8. The largest absolute Gasteiger partial charge is 0.478 e. The number of carbonyl (C=O) groups excluding carboxylic acids is 3. The molecule has 3 rings (SSSR count). The fraction of sp³-hybridized carbons (Fsp3) is 0.111. The number of carbonyl (C=O) groups is 4. The highest BCUT2D eigenvalue weighted by Gasteiger charge is 2.36. The van der Waals surface area contributed by atoms with E-state index in [1.54, 1.807) is 30.3 Å². The Morgan fingerprint density at radius 2 is 1.65 bits per heavy atom. The molecule has 0 bridgehead atoms. The lowest BCUT2D eigenvalue weighted by molar-refractivity contribution is -0.121. The van der Waals surface area contributed by atoms with Gasteiger partial charge in [-0.15, -0.1) is 0 Å². The number of amides is 3. The predicted octanol–water partition coefficient (Wildman–Crippen LogP) is 2.06. The van der Waals surface area contributed by atoms with Crippen molar-refractivity contribution in [2.24, 2.45) is 0 Å². The van der Waals surface area contributed by atoms with Crippen LogP contribution < -0.4 is 5.32 Å². The first-order valence-electron chi connectivity index (χ1n) is 7.61. The molecule has 1 aliphatic heterocycles. The fourth-order valence-corrected chi connectivity index (χ4v) is 2.93. The summed E-state index contributed by atoms with van der Waals surface area (Å²) in [6.07, 6.45) is 0. The number of aromatic carboxylic acids is 1. The standard InChI is InChI=1S/C18H13BrN2O5/c19-12-5-6-13-14(7-12)17(24)21(16(13)23)9-15(22)20-8-10-1-3-11(4-2-10)18(25)26/h1-7H,8-9H2,(H,20,22)(H,25,26). The number of hydrogen-bond acceptors (Lipinski definition) is 4. The molecule has 2 N–H and O–H groups in total. The number of halogens is 1. The summed E-state index contributed by atoms with van der Waals surface area (Å²) in [5.41, 5.74) is 1.39. The number of nitrogens with zero attached hydrogens (tertiary/aromatic N) is 1. The lowest BCUT2D eigenvalue weighted by Gasteiger charge is -2.13.